The first-order valence-electron chi connectivity index (χ1n) is 6.96. The molecule has 1 unspecified atom stereocenters. The van der Waals surface area contributed by atoms with E-state index in [1.807, 2.05) is 0 Å². The lowest BCUT2D eigenvalue weighted by Crippen LogP contribution is -2.00. The van der Waals surface area contributed by atoms with Gasteiger partial charge in [0.25, 0.3) is 0 Å². The van der Waals surface area contributed by atoms with Gasteiger partial charge in [-0.15, -0.1) is 0 Å². The highest BCUT2D eigenvalue weighted by Crippen LogP contribution is 2.27. The van der Waals surface area contributed by atoms with E-state index in [0.29, 0.717) is 0 Å². The Labute approximate surface area is 105 Å². The number of aliphatic hydroxyl groups is 1. The highest BCUT2D eigenvalue weighted by Gasteiger charge is 2.14. The Kier molecular flexibility index (Phi) is 4.22. The molecule has 0 saturated heterocycles. The van der Waals surface area contributed by atoms with Crippen molar-refractivity contribution in [3.05, 3.63) is 34.9 Å². The van der Waals surface area contributed by atoms with Gasteiger partial charge in [0.2, 0.25) is 0 Å². The molecule has 0 saturated carbocycles. The number of fused-ring (bicyclic) bond motifs is 1. The number of rotatable bonds is 5. The van der Waals surface area contributed by atoms with Crippen molar-refractivity contribution in [1.82, 2.24) is 0 Å². The number of hydrogen-bond acceptors (Lipinski definition) is 1. The van der Waals surface area contributed by atoms with Crippen LogP contribution in [0.3, 0.4) is 0 Å². The maximum absolute atomic E-state index is 10.2. The van der Waals surface area contributed by atoms with E-state index in [-0.39, 0.29) is 6.10 Å². The van der Waals surface area contributed by atoms with Crippen LogP contribution in [-0.4, -0.2) is 5.11 Å². The van der Waals surface area contributed by atoms with Gasteiger partial charge in [-0.1, -0.05) is 44.9 Å². The van der Waals surface area contributed by atoms with E-state index in [0.717, 1.165) is 24.3 Å². The van der Waals surface area contributed by atoms with Crippen LogP contribution in [-0.2, 0) is 12.8 Å². The van der Waals surface area contributed by atoms with Crippen LogP contribution < -0.4 is 0 Å². The van der Waals surface area contributed by atoms with Crippen LogP contribution in [0.25, 0.3) is 0 Å². The highest BCUT2D eigenvalue weighted by atomic mass is 16.3. The van der Waals surface area contributed by atoms with Gasteiger partial charge in [-0.2, -0.15) is 0 Å². The molecule has 1 nitrogen and oxygen atoms in total. The molecule has 1 aliphatic carbocycles. The Bertz CT molecular complexity index is 368. The predicted octanol–water partition coefficient (Wildman–Crippen LogP) is 4.04. The summed E-state index contributed by atoms with van der Waals surface area (Å²) >= 11 is 0. The molecule has 0 spiro atoms. The standard InChI is InChI=1S/C16H24O/c1-12(2)5-3-8-16(17)15-10-9-13-6-4-7-14(13)11-15/h9-12,16-17H,3-8H2,1-2H3. The third-order valence-electron chi connectivity index (χ3n) is 3.77. The molecule has 2 rings (SSSR count). The lowest BCUT2D eigenvalue weighted by molar-refractivity contribution is 0.162. The fourth-order valence-electron chi connectivity index (χ4n) is 2.69. The number of aliphatic hydroxyl groups excluding tert-OH is 1. The van der Waals surface area contributed by atoms with Crippen molar-refractivity contribution in [3.8, 4) is 0 Å². The average Bonchev–Trinajstić information content (AvgIpc) is 2.75. The summed E-state index contributed by atoms with van der Waals surface area (Å²) in [5, 5.41) is 10.2. The van der Waals surface area contributed by atoms with Gasteiger partial charge in [-0.3, -0.25) is 0 Å². The second-order valence-electron chi connectivity index (χ2n) is 5.72. The van der Waals surface area contributed by atoms with Crippen molar-refractivity contribution in [2.24, 2.45) is 5.92 Å². The van der Waals surface area contributed by atoms with Crippen molar-refractivity contribution in [2.75, 3.05) is 0 Å². The third kappa shape index (κ3) is 3.32. The first kappa shape index (κ1) is 12.6. The minimum atomic E-state index is -0.264. The highest BCUT2D eigenvalue weighted by molar-refractivity contribution is 5.36. The van der Waals surface area contributed by atoms with Gasteiger partial charge < -0.3 is 5.11 Å². The van der Waals surface area contributed by atoms with Crippen LogP contribution in [0.1, 0.15) is 62.3 Å². The largest absolute Gasteiger partial charge is 0.388 e. The Morgan fingerprint density at radius 1 is 1.12 bits per heavy atom. The molecule has 1 N–H and O–H groups in total. The average molecular weight is 232 g/mol. The number of aryl methyl sites for hydroxylation is 2. The number of benzene rings is 1. The lowest BCUT2D eigenvalue weighted by Gasteiger charge is -2.13. The summed E-state index contributed by atoms with van der Waals surface area (Å²) in [5.41, 5.74) is 4.07. The smallest absolute Gasteiger partial charge is 0.0790 e. The molecule has 0 amide bonds. The fourth-order valence-corrected chi connectivity index (χ4v) is 2.69. The molecule has 1 aliphatic rings. The summed E-state index contributed by atoms with van der Waals surface area (Å²) in [6, 6.07) is 6.55. The van der Waals surface area contributed by atoms with Crippen LogP contribution in [0.15, 0.2) is 18.2 Å². The fraction of sp³-hybridized carbons (Fsp3) is 0.625. The third-order valence-corrected chi connectivity index (χ3v) is 3.77. The molecule has 0 radical (unpaired) electrons. The summed E-state index contributed by atoms with van der Waals surface area (Å²) in [6.07, 6.45) is 6.66. The van der Waals surface area contributed by atoms with E-state index < -0.39 is 0 Å². The van der Waals surface area contributed by atoms with E-state index in [1.165, 1.54) is 36.8 Å². The van der Waals surface area contributed by atoms with Gasteiger partial charge in [0, 0.05) is 0 Å². The molecule has 1 heteroatoms. The van der Waals surface area contributed by atoms with Gasteiger partial charge in [-0.25, -0.2) is 0 Å². The molecule has 1 aromatic rings. The van der Waals surface area contributed by atoms with Crippen LogP contribution >= 0.6 is 0 Å². The summed E-state index contributed by atoms with van der Waals surface area (Å²) < 4.78 is 0. The zero-order valence-electron chi connectivity index (χ0n) is 11.1. The van der Waals surface area contributed by atoms with Crippen molar-refractivity contribution in [3.63, 3.8) is 0 Å². The normalized spacial score (nSPS) is 16.2. The summed E-state index contributed by atoms with van der Waals surface area (Å²) in [6.45, 7) is 4.48. The molecule has 0 bridgehead atoms. The summed E-state index contributed by atoms with van der Waals surface area (Å²) in [4.78, 5) is 0. The topological polar surface area (TPSA) is 20.2 Å². The Morgan fingerprint density at radius 2 is 1.88 bits per heavy atom. The van der Waals surface area contributed by atoms with E-state index in [2.05, 4.69) is 32.0 Å². The van der Waals surface area contributed by atoms with Crippen molar-refractivity contribution in [1.29, 1.82) is 0 Å². The predicted molar refractivity (Wildman–Crippen MR) is 72.1 cm³/mol. The molecule has 1 aromatic carbocycles. The van der Waals surface area contributed by atoms with E-state index in [9.17, 15) is 5.11 Å². The van der Waals surface area contributed by atoms with Gasteiger partial charge in [-0.05, 0) is 48.3 Å². The van der Waals surface area contributed by atoms with E-state index in [1.54, 1.807) is 0 Å². The maximum atomic E-state index is 10.2. The van der Waals surface area contributed by atoms with Crippen molar-refractivity contribution < 1.29 is 5.11 Å². The second-order valence-corrected chi connectivity index (χ2v) is 5.72. The quantitative estimate of drug-likeness (QED) is 0.812. The molecular weight excluding hydrogens is 208 g/mol. The van der Waals surface area contributed by atoms with Gasteiger partial charge in [0.1, 0.15) is 0 Å². The molecule has 0 aliphatic heterocycles. The molecule has 1 atom stereocenters. The summed E-state index contributed by atoms with van der Waals surface area (Å²) in [7, 11) is 0. The van der Waals surface area contributed by atoms with Crippen molar-refractivity contribution >= 4 is 0 Å². The first-order chi connectivity index (χ1) is 8.16. The SMILES string of the molecule is CC(C)CCCC(O)c1ccc2c(c1)CCC2. The second kappa shape index (κ2) is 5.68. The van der Waals surface area contributed by atoms with Crippen LogP contribution in [0.2, 0.25) is 0 Å². The minimum absolute atomic E-state index is 0.264. The zero-order chi connectivity index (χ0) is 12.3. The molecule has 0 fully saturated rings. The maximum Gasteiger partial charge on any atom is 0.0790 e. The first-order valence-corrected chi connectivity index (χ1v) is 6.96. The Hall–Kier alpha value is -0.820. The molecular formula is C16H24O. The van der Waals surface area contributed by atoms with E-state index in [4.69, 9.17) is 0 Å². The molecule has 94 valence electrons. The monoisotopic (exact) mass is 232 g/mol. The Morgan fingerprint density at radius 3 is 2.65 bits per heavy atom. The summed E-state index contributed by atoms with van der Waals surface area (Å²) in [5.74, 6) is 0.738. The molecule has 0 heterocycles. The van der Waals surface area contributed by atoms with Crippen molar-refractivity contribution in [2.45, 2.75) is 58.5 Å². The van der Waals surface area contributed by atoms with Gasteiger partial charge >= 0.3 is 0 Å². The van der Waals surface area contributed by atoms with Gasteiger partial charge in [0.15, 0.2) is 0 Å². The zero-order valence-corrected chi connectivity index (χ0v) is 11.1. The van der Waals surface area contributed by atoms with E-state index >= 15 is 0 Å². The lowest BCUT2D eigenvalue weighted by atomic mass is 9.97. The Balaban J connectivity index is 1.92. The minimum Gasteiger partial charge on any atom is -0.388 e. The van der Waals surface area contributed by atoms with Crippen LogP contribution in [0.4, 0.5) is 0 Å². The molecule has 0 aromatic heterocycles. The van der Waals surface area contributed by atoms with Crippen LogP contribution in [0.5, 0.6) is 0 Å². The van der Waals surface area contributed by atoms with Gasteiger partial charge in [0.05, 0.1) is 6.10 Å². The van der Waals surface area contributed by atoms with Crippen LogP contribution in [0, 0.1) is 5.92 Å². The number of hydrogen-bond donors (Lipinski definition) is 1. The molecule has 17 heavy (non-hydrogen) atoms.